The van der Waals surface area contributed by atoms with E-state index in [9.17, 15) is 8.42 Å². The van der Waals surface area contributed by atoms with Crippen LogP contribution in [0.15, 0.2) is 42.5 Å². The Bertz CT molecular complexity index is 701. The molecule has 0 aromatic heterocycles. The monoisotopic (exact) mass is 307 g/mol. The number of fused-ring (bicyclic) bond motifs is 1. The summed E-state index contributed by atoms with van der Waals surface area (Å²) in [6.07, 6.45) is 0.769. The zero-order valence-corrected chi connectivity index (χ0v) is 13.2. The van der Waals surface area contributed by atoms with Crippen LogP contribution in [0.2, 0.25) is 0 Å². The summed E-state index contributed by atoms with van der Waals surface area (Å²) < 4.78 is 28.4. The normalized spacial score (nSPS) is 12.0. The number of nitrogens with zero attached hydrogens (tertiary/aromatic N) is 1. The minimum absolute atomic E-state index is 0.476. The van der Waals surface area contributed by atoms with Crippen molar-refractivity contribution in [1.29, 1.82) is 0 Å². The van der Waals surface area contributed by atoms with Gasteiger partial charge in [0.05, 0.1) is 5.69 Å². The van der Waals surface area contributed by atoms with Crippen molar-refractivity contribution >= 4 is 26.7 Å². The third-order valence-corrected chi connectivity index (χ3v) is 4.80. The van der Waals surface area contributed by atoms with Gasteiger partial charge in [-0.05, 0) is 42.9 Å². The van der Waals surface area contributed by atoms with Gasteiger partial charge in [0.15, 0.2) is 0 Å². The summed E-state index contributed by atoms with van der Waals surface area (Å²) in [5, 5.41) is 5.10. The molecule has 2 aromatic rings. The predicted octanol–water partition coefficient (Wildman–Crippen LogP) is 2.04. The maximum Gasteiger partial charge on any atom is 0.301 e. The molecule has 0 aliphatic carbocycles. The van der Waals surface area contributed by atoms with Crippen LogP contribution in [0.25, 0.3) is 10.8 Å². The molecule has 0 aliphatic heterocycles. The summed E-state index contributed by atoms with van der Waals surface area (Å²) >= 11 is 0. The van der Waals surface area contributed by atoms with Crippen molar-refractivity contribution in [3.05, 3.63) is 42.5 Å². The molecule has 21 heavy (non-hydrogen) atoms. The Labute approximate surface area is 126 Å². The van der Waals surface area contributed by atoms with Gasteiger partial charge in [-0.2, -0.15) is 12.7 Å². The van der Waals surface area contributed by atoms with Gasteiger partial charge in [0.25, 0.3) is 0 Å². The minimum atomic E-state index is -3.51. The molecular formula is C15H21N3O2S. The fourth-order valence-corrected chi connectivity index (χ4v) is 3.03. The second kappa shape index (κ2) is 6.89. The molecule has 0 radical (unpaired) electrons. The first-order valence-corrected chi connectivity index (χ1v) is 8.34. The van der Waals surface area contributed by atoms with Crippen LogP contribution in [0.4, 0.5) is 5.69 Å². The second-order valence-electron chi connectivity index (χ2n) is 4.95. The summed E-state index contributed by atoms with van der Waals surface area (Å²) in [4.78, 5) is 0. The van der Waals surface area contributed by atoms with Crippen LogP contribution in [0, 0.1) is 0 Å². The minimum Gasteiger partial charge on any atom is -0.320 e. The average molecular weight is 307 g/mol. The third-order valence-electron chi connectivity index (χ3n) is 3.31. The van der Waals surface area contributed by atoms with Crippen LogP contribution in [-0.2, 0) is 10.2 Å². The molecule has 0 saturated carbocycles. The Morgan fingerprint density at radius 2 is 1.81 bits per heavy atom. The van der Waals surface area contributed by atoms with E-state index in [2.05, 4.69) is 10.0 Å². The number of benzene rings is 2. The molecule has 0 bridgehead atoms. The van der Waals surface area contributed by atoms with Crippen molar-refractivity contribution in [1.82, 2.24) is 9.62 Å². The molecule has 6 heteroatoms. The molecule has 0 amide bonds. The molecule has 0 unspecified atom stereocenters. The summed E-state index contributed by atoms with van der Waals surface area (Å²) in [6.45, 7) is 1.26. The molecule has 0 heterocycles. The lowest BCUT2D eigenvalue weighted by atomic mass is 10.1. The number of hydrogen-bond donors (Lipinski definition) is 2. The van der Waals surface area contributed by atoms with Crippen LogP contribution < -0.4 is 10.0 Å². The molecule has 0 atom stereocenters. The van der Waals surface area contributed by atoms with Crippen LogP contribution in [0.5, 0.6) is 0 Å². The Kier molecular flexibility index (Phi) is 5.17. The molecule has 114 valence electrons. The maximum atomic E-state index is 12.2. The molecule has 2 aromatic carbocycles. The van der Waals surface area contributed by atoms with Crippen LogP contribution in [0.1, 0.15) is 6.42 Å². The number of rotatable bonds is 7. The Hall–Kier alpha value is -1.63. The van der Waals surface area contributed by atoms with Crippen molar-refractivity contribution in [3.63, 3.8) is 0 Å². The van der Waals surface area contributed by atoms with Crippen molar-refractivity contribution in [2.75, 3.05) is 31.9 Å². The zero-order valence-electron chi connectivity index (χ0n) is 12.3. The highest BCUT2D eigenvalue weighted by Gasteiger charge is 2.16. The van der Waals surface area contributed by atoms with E-state index in [4.69, 9.17) is 0 Å². The Balaban J connectivity index is 2.10. The van der Waals surface area contributed by atoms with E-state index in [1.807, 2.05) is 43.4 Å². The largest absolute Gasteiger partial charge is 0.320 e. The standard InChI is InChI=1S/C15H21N3O2S/c1-16-10-5-11-18(2)21(19,20)17-15-9-8-13-6-3-4-7-14(13)12-15/h3-4,6-9,12,16-17H,5,10-11H2,1-2H3. The van der Waals surface area contributed by atoms with Crippen molar-refractivity contribution in [2.24, 2.45) is 0 Å². The van der Waals surface area contributed by atoms with Gasteiger partial charge in [0, 0.05) is 13.6 Å². The Morgan fingerprint density at radius 3 is 2.52 bits per heavy atom. The van der Waals surface area contributed by atoms with Gasteiger partial charge in [-0.15, -0.1) is 0 Å². The highest BCUT2D eigenvalue weighted by Crippen LogP contribution is 2.20. The summed E-state index contributed by atoms with van der Waals surface area (Å²) in [5.74, 6) is 0. The first-order valence-electron chi connectivity index (χ1n) is 6.90. The lowest BCUT2D eigenvalue weighted by molar-refractivity contribution is 0.462. The van der Waals surface area contributed by atoms with Crippen molar-refractivity contribution in [3.8, 4) is 0 Å². The molecular weight excluding hydrogens is 286 g/mol. The summed E-state index contributed by atoms with van der Waals surface area (Å²) in [5.41, 5.74) is 0.578. The highest BCUT2D eigenvalue weighted by atomic mass is 32.2. The third kappa shape index (κ3) is 4.17. The van der Waals surface area contributed by atoms with E-state index >= 15 is 0 Å². The summed E-state index contributed by atoms with van der Waals surface area (Å²) in [6, 6.07) is 13.4. The van der Waals surface area contributed by atoms with E-state index in [1.165, 1.54) is 4.31 Å². The quantitative estimate of drug-likeness (QED) is 0.770. The highest BCUT2D eigenvalue weighted by molar-refractivity contribution is 7.90. The van der Waals surface area contributed by atoms with Gasteiger partial charge >= 0.3 is 10.2 Å². The SMILES string of the molecule is CNCCCN(C)S(=O)(=O)Nc1ccc2ccccc2c1. The van der Waals surface area contributed by atoms with Crippen molar-refractivity contribution < 1.29 is 8.42 Å². The maximum absolute atomic E-state index is 12.2. The molecule has 5 nitrogen and oxygen atoms in total. The molecule has 2 rings (SSSR count). The van der Waals surface area contributed by atoms with E-state index in [-0.39, 0.29) is 0 Å². The fraction of sp³-hybridized carbons (Fsp3) is 0.333. The fourth-order valence-electron chi connectivity index (χ4n) is 2.08. The van der Waals surface area contributed by atoms with E-state index in [1.54, 1.807) is 13.1 Å². The van der Waals surface area contributed by atoms with Crippen LogP contribution in [0.3, 0.4) is 0 Å². The smallest absolute Gasteiger partial charge is 0.301 e. The Morgan fingerprint density at radius 1 is 1.10 bits per heavy atom. The number of hydrogen-bond acceptors (Lipinski definition) is 3. The van der Waals surface area contributed by atoms with Gasteiger partial charge in [-0.25, -0.2) is 0 Å². The lowest BCUT2D eigenvalue weighted by Crippen LogP contribution is -2.34. The molecule has 0 saturated heterocycles. The molecule has 2 N–H and O–H groups in total. The van der Waals surface area contributed by atoms with Gasteiger partial charge in [0.1, 0.15) is 0 Å². The predicted molar refractivity (Wildman–Crippen MR) is 87.7 cm³/mol. The van der Waals surface area contributed by atoms with E-state index < -0.39 is 10.2 Å². The summed E-state index contributed by atoms with van der Waals surface area (Å²) in [7, 11) is -0.0755. The molecule has 0 aliphatic rings. The molecule has 0 spiro atoms. The van der Waals surface area contributed by atoms with Gasteiger partial charge in [0.2, 0.25) is 0 Å². The first kappa shape index (κ1) is 15.8. The zero-order chi connectivity index (χ0) is 15.3. The van der Waals surface area contributed by atoms with Crippen LogP contribution in [-0.4, -0.2) is 39.9 Å². The van der Waals surface area contributed by atoms with E-state index in [0.717, 1.165) is 23.7 Å². The number of anilines is 1. The topological polar surface area (TPSA) is 61.4 Å². The van der Waals surface area contributed by atoms with Crippen LogP contribution >= 0.6 is 0 Å². The van der Waals surface area contributed by atoms with Gasteiger partial charge < -0.3 is 5.32 Å². The number of nitrogens with one attached hydrogen (secondary N) is 2. The molecule has 0 fully saturated rings. The van der Waals surface area contributed by atoms with Crippen molar-refractivity contribution in [2.45, 2.75) is 6.42 Å². The van der Waals surface area contributed by atoms with Gasteiger partial charge in [-0.1, -0.05) is 30.3 Å². The van der Waals surface area contributed by atoms with Gasteiger partial charge in [-0.3, -0.25) is 4.72 Å². The lowest BCUT2D eigenvalue weighted by Gasteiger charge is -2.18. The van der Waals surface area contributed by atoms with E-state index in [0.29, 0.717) is 12.2 Å². The average Bonchev–Trinajstić information content (AvgIpc) is 2.47. The first-order chi connectivity index (χ1) is 10.0. The second-order valence-corrected chi connectivity index (χ2v) is 6.73.